The molecule has 1 heterocycles. The van der Waals surface area contributed by atoms with Crippen molar-refractivity contribution in [2.45, 2.75) is 6.04 Å². The Labute approximate surface area is 184 Å². The van der Waals surface area contributed by atoms with Crippen molar-refractivity contribution < 1.29 is 13.9 Å². The van der Waals surface area contributed by atoms with E-state index in [0.717, 1.165) is 11.1 Å². The van der Waals surface area contributed by atoms with E-state index in [9.17, 15) is 4.79 Å². The van der Waals surface area contributed by atoms with E-state index in [0.29, 0.717) is 22.4 Å². The SMILES string of the molecule is COc1cccc(NC(=O)N[C@@H](c2ccc(Cl)cc2)c2nnc(-c3ccccc3)o2)c1. The molecule has 0 bridgehead atoms. The van der Waals surface area contributed by atoms with Crippen LogP contribution >= 0.6 is 11.6 Å². The minimum atomic E-state index is -0.673. The van der Waals surface area contributed by atoms with Gasteiger partial charge in [0.1, 0.15) is 11.8 Å². The predicted molar refractivity (Wildman–Crippen MR) is 118 cm³/mol. The molecule has 0 fully saturated rings. The van der Waals surface area contributed by atoms with Gasteiger partial charge in [0.05, 0.1) is 7.11 Å². The number of nitrogens with one attached hydrogen (secondary N) is 2. The molecule has 0 saturated carbocycles. The van der Waals surface area contributed by atoms with E-state index in [2.05, 4.69) is 20.8 Å². The Hall–Kier alpha value is -3.84. The highest BCUT2D eigenvalue weighted by Crippen LogP contribution is 2.26. The molecule has 0 aliphatic carbocycles. The smallest absolute Gasteiger partial charge is 0.320 e. The first-order chi connectivity index (χ1) is 15.1. The Morgan fingerprint density at radius 2 is 1.77 bits per heavy atom. The predicted octanol–water partition coefficient (Wildman–Crippen LogP) is 5.31. The number of carbonyl (C=O) groups is 1. The Morgan fingerprint density at radius 3 is 2.52 bits per heavy atom. The summed E-state index contributed by atoms with van der Waals surface area (Å²) in [5, 5.41) is 14.6. The van der Waals surface area contributed by atoms with Gasteiger partial charge in [-0.3, -0.25) is 0 Å². The van der Waals surface area contributed by atoms with E-state index in [4.69, 9.17) is 20.8 Å². The average Bonchev–Trinajstić information content (AvgIpc) is 3.29. The maximum atomic E-state index is 12.7. The van der Waals surface area contributed by atoms with Gasteiger partial charge in [-0.15, -0.1) is 10.2 Å². The van der Waals surface area contributed by atoms with Crippen molar-refractivity contribution >= 4 is 23.3 Å². The quantitative estimate of drug-likeness (QED) is 0.429. The number of aromatic nitrogens is 2. The maximum Gasteiger partial charge on any atom is 0.320 e. The largest absolute Gasteiger partial charge is 0.497 e. The third kappa shape index (κ3) is 5.02. The second-order valence-electron chi connectivity index (χ2n) is 6.63. The zero-order valence-corrected chi connectivity index (χ0v) is 17.3. The van der Waals surface area contributed by atoms with Gasteiger partial charge in [-0.2, -0.15) is 0 Å². The van der Waals surface area contributed by atoms with Crippen molar-refractivity contribution in [3.05, 3.63) is 95.3 Å². The molecule has 8 heteroatoms. The van der Waals surface area contributed by atoms with E-state index in [1.54, 1.807) is 55.6 Å². The number of hydrogen-bond donors (Lipinski definition) is 2. The second kappa shape index (κ2) is 9.32. The molecule has 0 aliphatic heterocycles. The van der Waals surface area contributed by atoms with Crippen LogP contribution in [0.5, 0.6) is 5.75 Å². The van der Waals surface area contributed by atoms with Gasteiger partial charge in [0.15, 0.2) is 0 Å². The molecule has 2 N–H and O–H groups in total. The summed E-state index contributed by atoms with van der Waals surface area (Å²) in [5.74, 6) is 1.25. The van der Waals surface area contributed by atoms with Gasteiger partial charge < -0.3 is 19.8 Å². The lowest BCUT2D eigenvalue weighted by molar-refractivity contribution is 0.248. The molecule has 0 spiro atoms. The number of urea groups is 1. The monoisotopic (exact) mass is 434 g/mol. The number of nitrogens with zero attached hydrogens (tertiary/aromatic N) is 2. The molecule has 0 aliphatic rings. The molecule has 156 valence electrons. The van der Waals surface area contributed by atoms with Crippen LogP contribution in [0.2, 0.25) is 5.02 Å². The Morgan fingerprint density at radius 1 is 1.00 bits per heavy atom. The molecule has 31 heavy (non-hydrogen) atoms. The molecule has 2 amide bonds. The summed E-state index contributed by atoms with van der Waals surface area (Å²) in [6, 6.07) is 22.4. The Balaban J connectivity index is 1.60. The first kappa shape index (κ1) is 20.4. The number of halogens is 1. The lowest BCUT2D eigenvalue weighted by atomic mass is 10.1. The average molecular weight is 435 g/mol. The number of amides is 2. The van der Waals surface area contributed by atoms with Crippen LogP contribution in [0.4, 0.5) is 10.5 Å². The molecule has 0 saturated heterocycles. The molecular formula is C23H19ClN4O3. The lowest BCUT2D eigenvalue weighted by Gasteiger charge is -2.16. The van der Waals surface area contributed by atoms with Crippen molar-refractivity contribution in [1.82, 2.24) is 15.5 Å². The molecular weight excluding hydrogens is 416 g/mol. The van der Waals surface area contributed by atoms with Gasteiger partial charge in [-0.1, -0.05) is 48.0 Å². The summed E-state index contributed by atoms with van der Waals surface area (Å²) in [6.45, 7) is 0. The second-order valence-corrected chi connectivity index (χ2v) is 7.06. The summed E-state index contributed by atoms with van der Waals surface area (Å²) in [7, 11) is 1.57. The molecule has 3 aromatic carbocycles. The number of carbonyl (C=O) groups excluding carboxylic acids is 1. The van der Waals surface area contributed by atoms with Gasteiger partial charge in [-0.05, 0) is 42.0 Å². The van der Waals surface area contributed by atoms with Crippen LogP contribution in [0.3, 0.4) is 0 Å². The van der Waals surface area contributed by atoms with E-state index in [1.165, 1.54) is 0 Å². The van der Waals surface area contributed by atoms with E-state index >= 15 is 0 Å². The number of benzene rings is 3. The van der Waals surface area contributed by atoms with Crippen molar-refractivity contribution in [1.29, 1.82) is 0 Å². The van der Waals surface area contributed by atoms with Crippen LogP contribution < -0.4 is 15.4 Å². The number of anilines is 1. The van der Waals surface area contributed by atoms with Crippen molar-refractivity contribution in [3.63, 3.8) is 0 Å². The Kier molecular flexibility index (Phi) is 6.14. The maximum absolute atomic E-state index is 12.7. The van der Waals surface area contributed by atoms with Crippen LogP contribution in [0.1, 0.15) is 17.5 Å². The topological polar surface area (TPSA) is 89.3 Å². The highest BCUT2D eigenvalue weighted by Gasteiger charge is 2.23. The van der Waals surface area contributed by atoms with Crippen molar-refractivity contribution in [2.24, 2.45) is 0 Å². The zero-order chi connectivity index (χ0) is 21.6. The van der Waals surface area contributed by atoms with Crippen molar-refractivity contribution in [2.75, 3.05) is 12.4 Å². The van der Waals surface area contributed by atoms with Gasteiger partial charge in [0.2, 0.25) is 11.8 Å². The Bertz CT molecular complexity index is 1160. The highest BCUT2D eigenvalue weighted by atomic mass is 35.5. The van der Waals surface area contributed by atoms with Crippen molar-refractivity contribution in [3.8, 4) is 17.2 Å². The minimum absolute atomic E-state index is 0.252. The van der Waals surface area contributed by atoms with Crippen LogP contribution in [0.15, 0.2) is 83.3 Å². The van der Waals surface area contributed by atoms with Crippen LogP contribution in [0, 0.1) is 0 Å². The van der Waals surface area contributed by atoms with E-state index in [1.807, 2.05) is 30.3 Å². The highest BCUT2D eigenvalue weighted by molar-refractivity contribution is 6.30. The van der Waals surface area contributed by atoms with Crippen LogP contribution in [-0.2, 0) is 0 Å². The molecule has 7 nitrogen and oxygen atoms in total. The van der Waals surface area contributed by atoms with Gasteiger partial charge in [0, 0.05) is 22.3 Å². The third-order valence-electron chi connectivity index (χ3n) is 4.51. The molecule has 0 unspecified atom stereocenters. The summed E-state index contributed by atoms with van der Waals surface area (Å²) < 4.78 is 11.1. The first-order valence-corrected chi connectivity index (χ1v) is 9.86. The summed E-state index contributed by atoms with van der Waals surface area (Å²) >= 11 is 6.03. The fourth-order valence-electron chi connectivity index (χ4n) is 2.99. The number of ether oxygens (including phenoxy) is 1. The molecule has 1 aromatic heterocycles. The normalized spacial score (nSPS) is 11.5. The summed E-state index contributed by atoms with van der Waals surface area (Å²) in [6.07, 6.45) is 0. The fourth-order valence-corrected chi connectivity index (χ4v) is 3.12. The summed E-state index contributed by atoms with van der Waals surface area (Å²) in [5.41, 5.74) is 2.12. The number of methoxy groups -OCH3 is 1. The van der Waals surface area contributed by atoms with Gasteiger partial charge in [-0.25, -0.2) is 4.79 Å². The van der Waals surface area contributed by atoms with Crippen LogP contribution in [-0.4, -0.2) is 23.3 Å². The van der Waals surface area contributed by atoms with Gasteiger partial charge in [0.25, 0.3) is 0 Å². The fraction of sp³-hybridized carbons (Fsp3) is 0.0870. The lowest BCUT2D eigenvalue weighted by Crippen LogP contribution is -2.33. The zero-order valence-electron chi connectivity index (χ0n) is 16.6. The van der Waals surface area contributed by atoms with Crippen LogP contribution in [0.25, 0.3) is 11.5 Å². The molecule has 0 radical (unpaired) electrons. The van der Waals surface area contributed by atoms with E-state index in [-0.39, 0.29) is 5.89 Å². The third-order valence-corrected chi connectivity index (χ3v) is 4.77. The standard InChI is InChI=1S/C23H19ClN4O3/c1-30-19-9-5-8-18(14-19)25-23(29)26-20(15-10-12-17(24)13-11-15)22-28-27-21(31-22)16-6-3-2-4-7-16/h2-14,20H,1H3,(H2,25,26,29)/t20-/m0/s1. The van der Waals surface area contributed by atoms with E-state index < -0.39 is 12.1 Å². The molecule has 4 rings (SSSR count). The number of hydrogen-bond acceptors (Lipinski definition) is 5. The molecule has 4 aromatic rings. The van der Waals surface area contributed by atoms with Gasteiger partial charge >= 0.3 is 6.03 Å². The minimum Gasteiger partial charge on any atom is -0.497 e. The molecule has 1 atom stereocenters. The number of rotatable bonds is 6. The summed E-state index contributed by atoms with van der Waals surface area (Å²) in [4.78, 5) is 12.7. The first-order valence-electron chi connectivity index (χ1n) is 9.48.